The SMILES string of the molecule is O=C(c1cccs1)C1CCCS1(=O)=O. The summed E-state index contributed by atoms with van der Waals surface area (Å²) < 4.78 is 23.0. The Morgan fingerprint density at radius 3 is 2.79 bits per heavy atom. The van der Waals surface area contributed by atoms with E-state index in [9.17, 15) is 13.2 Å². The van der Waals surface area contributed by atoms with Gasteiger partial charge in [0.25, 0.3) is 0 Å². The number of hydrogen-bond acceptors (Lipinski definition) is 4. The average Bonchev–Trinajstić information content (AvgIpc) is 2.71. The average molecular weight is 230 g/mol. The van der Waals surface area contributed by atoms with Gasteiger partial charge in [-0.2, -0.15) is 0 Å². The van der Waals surface area contributed by atoms with Gasteiger partial charge in [-0.25, -0.2) is 8.42 Å². The second kappa shape index (κ2) is 3.47. The molecule has 2 rings (SSSR count). The predicted octanol–water partition coefficient (Wildman–Crippen LogP) is 1.51. The van der Waals surface area contributed by atoms with Crippen LogP contribution in [-0.4, -0.2) is 25.2 Å². The zero-order valence-corrected chi connectivity index (χ0v) is 9.10. The minimum atomic E-state index is -3.16. The van der Waals surface area contributed by atoms with Crippen molar-refractivity contribution in [2.45, 2.75) is 18.1 Å². The molecule has 0 aliphatic carbocycles. The Balaban J connectivity index is 2.29. The Bertz CT molecular complexity index is 431. The van der Waals surface area contributed by atoms with Crippen LogP contribution in [0.25, 0.3) is 0 Å². The first-order valence-electron chi connectivity index (χ1n) is 4.40. The lowest BCUT2D eigenvalue weighted by molar-refractivity contribution is 0.0990. The fourth-order valence-electron chi connectivity index (χ4n) is 1.66. The van der Waals surface area contributed by atoms with E-state index in [2.05, 4.69) is 0 Å². The van der Waals surface area contributed by atoms with E-state index in [4.69, 9.17) is 0 Å². The molecule has 1 aromatic rings. The smallest absolute Gasteiger partial charge is 0.190 e. The van der Waals surface area contributed by atoms with E-state index in [1.54, 1.807) is 17.5 Å². The fourth-order valence-corrected chi connectivity index (χ4v) is 4.29. The summed E-state index contributed by atoms with van der Waals surface area (Å²) in [6.45, 7) is 0. The third-order valence-electron chi connectivity index (χ3n) is 2.39. The van der Waals surface area contributed by atoms with Gasteiger partial charge >= 0.3 is 0 Å². The molecule has 0 bridgehead atoms. The molecular weight excluding hydrogens is 220 g/mol. The molecule has 1 unspecified atom stereocenters. The molecule has 0 N–H and O–H groups in total. The summed E-state index contributed by atoms with van der Waals surface area (Å²) in [5, 5.41) is 1.01. The zero-order chi connectivity index (χ0) is 10.2. The van der Waals surface area contributed by atoms with Crippen molar-refractivity contribution in [3.8, 4) is 0 Å². The first-order valence-corrected chi connectivity index (χ1v) is 7.00. The van der Waals surface area contributed by atoms with E-state index >= 15 is 0 Å². The normalized spacial score (nSPS) is 25.0. The molecule has 1 aliphatic heterocycles. The van der Waals surface area contributed by atoms with E-state index in [-0.39, 0.29) is 11.5 Å². The summed E-state index contributed by atoms with van der Waals surface area (Å²) in [5.41, 5.74) is 0. The Hall–Kier alpha value is -0.680. The van der Waals surface area contributed by atoms with Gasteiger partial charge in [-0.15, -0.1) is 11.3 Å². The molecule has 0 radical (unpaired) electrons. The minimum Gasteiger partial charge on any atom is -0.292 e. The Kier molecular flexibility index (Phi) is 2.45. The molecule has 1 aliphatic rings. The van der Waals surface area contributed by atoms with Crippen LogP contribution >= 0.6 is 11.3 Å². The molecule has 3 nitrogen and oxygen atoms in total. The van der Waals surface area contributed by atoms with Gasteiger partial charge in [0.1, 0.15) is 5.25 Å². The maximum absolute atomic E-state index is 11.8. The molecule has 1 atom stereocenters. The molecule has 1 aromatic heterocycles. The van der Waals surface area contributed by atoms with E-state index in [0.29, 0.717) is 17.7 Å². The predicted molar refractivity (Wildman–Crippen MR) is 55.5 cm³/mol. The van der Waals surface area contributed by atoms with Crippen LogP contribution in [0.5, 0.6) is 0 Å². The van der Waals surface area contributed by atoms with Crippen molar-refractivity contribution in [2.75, 3.05) is 5.75 Å². The maximum atomic E-state index is 11.8. The second-order valence-electron chi connectivity index (χ2n) is 3.34. The summed E-state index contributed by atoms with van der Waals surface area (Å²) in [6, 6.07) is 3.44. The number of thiophene rings is 1. The van der Waals surface area contributed by atoms with Gasteiger partial charge in [-0.1, -0.05) is 6.07 Å². The van der Waals surface area contributed by atoms with Gasteiger partial charge < -0.3 is 0 Å². The van der Waals surface area contributed by atoms with Crippen molar-refractivity contribution in [2.24, 2.45) is 0 Å². The van der Waals surface area contributed by atoms with Crippen LogP contribution in [0.4, 0.5) is 0 Å². The van der Waals surface area contributed by atoms with Crippen LogP contribution in [0.2, 0.25) is 0 Å². The number of rotatable bonds is 2. The Morgan fingerprint density at radius 2 is 2.29 bits per heavy atom. The summed E-state index contributed by atoms with van der Waals surface area (Å²) in [6.07, 6.45) is 1.10. The molecule has 0 spiro atoms. The van der Waals surface area contributed by atoms with Crippen molar-refractivity contribution in [1.29, 1.82) is 0 Å². The van der Waals surface area contributed by atoms with Gasteiger partial charge in [0.15, 0.2) is 15.6 Å². The van der Waals surface area contributed by atoms with Crippen LogP contribution in [0.1, 0.15) is 22.5 Å². The molecule has 1 saturated heterocycles. The van der Waals surface area contributed by atoms with Gasteiger partial charge in [-0.3, -0.25) is 4.79 Å². The van der Waals surface area contributed by atoms with E-state index in [0.717, 1.165) is 0 Å². The summed E-state index contributed by atoms with van der Waals surface area (Å²) in [4.78, 5) is 12.3. The topological polar surface area (TPSA) is 51.2 Å². The van der Waals surface area contributed by atoms with Crippen LogP contribution in [0.15, 0.2) is 17.5 Å². The monoisotopic (exact) mass is 230 g/mol. The van der Waals surface area contributed by atoms with Gasteiger partial charge in [-0.05, 0) is 24.3 Å². The van der Waals surface area contributed by atoms with E-state index < -0.39 is 15.1 Å². The van der Waals surface area contributed by atoms with Crippen molar-refractivity contribution >= 4 is 27.0 Å². The lowest BCUT2D eigenvalue weighted by Gasteiger charge is -2.05. The van der Waals surface area contributed by atoms with Crippen LogP contribution in [0, 0.1) is 0 Å². The van der Waals surface area contributed by atoms with Crippen LogP contribution < -0.4 is 0 Å². The van der Waals surface area contributed by atoms with Crippen molar-refractivity contribution in [1.82, 2.24) is 0 Å². The number of carbonyl (C=O) groups excluding carboxylic acids is 1. The first kappa shape index (κ1) is 9.86. The Labute approximate surface area is 86.7 Å². The molecule has 5 heteroatoms. The van der Waals surface area contributed by atoms with Crippen LogP contribution in [-0.2, 0) is 9.84 Å². The lowest BCUT2D eigenvalue weighted by atomic mass is 10.1. The maximum Gasteiger partial charge on any atom is 0.190 e. The highest BCUT2D eigenvalue weighted by Gasteiger charge is 2.37. The molecule has 76 valence electrons. The molecule has 0 amide bonds. The van der Waals surface area contributed by atoms with Gasteiger partial charge in [0.05, 0.1) is 10.6 Å². The second-order valence-corrected chi connectivity index (χ2v) is 6.59. The van der Waals surface area contributed by atoms with Gasteiger partial charge in [0.2, 0.25) is 0 Å². The molecule has 2 heterocycles. The van der Waals surface area contributed by atoms with Gasteiger partial charge in [0, 0.05) is 0 Å². The highest BCUT2D eigenvalue weighted by atomic mass is 32.2. The van der Waals surface area contributed by atoms with Crippen molar-refractivity contribution < 1.29 is 13.2 Å². The quantitative estimate of drug-likeness (QED) is 0.724. The largest absolute Gasteiger partial charge is 0.292 e. The number of sulfone groups is 1. The van der Waals surface area contributed by atoms with E-state index in [1.807, 2.05) is 0 Å². The zero-order valence-electron chi connectivity index (χ0n) is 7.47. The highest BCUT2D eigenvalue weighted by Crippen LogP contribution is 2.25. The first-order chi connectivity index (χ1) is 6.61. The third-order valence-corrected chi connectivity index (χ3v) is 5.44. The fraction of sp³-hybridized carbons (Fsp3) is 0.444. The number of ketones is 1. The lowest BCUT2D eigenvalue weighted by Crippen LogP contribution is -2.25. The summed E-state index contributed by atoms with van der Waals surface area (Å²) in [7, 11) is -3.16. The summed E-state index contributed by atoms with van der Waals surface area (Å²) in [5.74, 6) is -0.0630. The van der Waals surface area contributed by atoms with E-state index in [1.165, 1.54) is 11.3 Å². The van der Waals surface area contributed by atoms with Crippen LogP contribution in [0.3, 0.4) is 0 Å². The molecule has 1 fully saturated rings. The van der Waals surface area contributed by atoms with Crippen molar-refractivity contribution in [3.63, 3.8) is 0 Å². The molecular formula is C9H10O3S2. The number of hydrogen-bond donors (Lipinski definition) is 0. The molecule has 14 heavy (non-hydrogen) atoms. The molecule has 0 saturated carbocycles. The molecule has 0 aromatic carbocycles. The standard InChI is InChI=1S/C9H10O3S2/c10-9(7-3-1-5-13-7)8-4-2-6-14(8,11)12/h1,3,5,8H,2,4,6H2. The van der Waals surface area contributed by atoms with Crippen molar-refractivity contribution in [3.05, 3.63) is 22.4 Å². The third kappa shape index (κ3) is 1.62. The minimum absolute atomic E-state index is 0.161. The Morgan fingerprint density at radius 1 is 1.50 bits per heavy atom. The number of carbonyl (C=O) groups is 1. The highest BCUT2D eigenvalue weighted by molar-refractivity contribution is 7.93. The number of Topliss-reactive ketones (excluding diaryl/α,β-unsaturated/α-hetero) is 1. The summed E-state index contributed by atoms with van der Waals surface area (Å²) >= 11 is 1.30.